The first-order chi connectivity index (χ1) is 16.8. The van der Waals surface area contributed by atoms with Crippen molar-refractivity contribution in [1.82, 2.24) is 10.6 Å². The lowest BCUT2D eigenvalue weighted by molar-refractivity contribution is 0.0939. The molecular formula is C28H31N3O3S. The summed E-state index contributed by atoms with van der Waals surface area (Å²) in [6.07, 6.45) is 0.932. The Morgan fingerprint density at radius 3 is 2.34 bits per heavy atom. The summed E-state index contributed by atoms with van der Waals surface area (Å²) in [6.45, 7) is 6.78. The van der Waals surface area contributed by atoms with Gasteiger partial charge in [0, 0.05) is 5.56 Å². The molecule has 0 bridgehead atoms. The minimum atomic E-state index is -0.364. The van der Waals surface area contributed by atoms with E-state index in [-0.39, 0.29) is 23.0 Å². The van der Waals surface area contributed by atoms with Gasteiger partial charge >= 0.3 is 0 Å². The summed E-state index contributed by atoms with van der Waals surface area (Å²) in [5, 5.41) is 8.74. The zero-order chi connectivity index (χ0) is 25.2. The molecule has 3 aromatic carbocycles. The molecular weight excluding hydrogens is 458 g/mol. The maximum absolute atomic E-state index is 12.9. The van der Waals surface area contributed by atoms with E-state index in [1.807, 2.05) is 43.3 Å². The van der Waals surface area contributed by atoms with Crippen molar-refractivity contribution in [3.8, 4) is 5.75 Å². The number of carbonyl (C=O) groups is 2. The average Bonchev–Trinajstić information content (AvgIpc) is 2.84. The molecule has 0 fully saturated rings. The first kappa shape index (κ1) is 25.9. The third-order valence-electron chi connectivity index (χ3n) is 5.35. The van der Waals surface area contributed by atoms with E-state index in [0.717, 1.165) is 12.0 Å². The van der Waals surface area contributed by atoms with E-state index in [1.165, 1.54) is 0 Å². The standard InChI is InChI=1S/C28H31N3O3S/c1-19(2)16-17-34-23-13-9-12-22(18-23)26(32)31-28(35)30-25-15-8-7-14-24(25)27(33)29-20(3)21-10-5-4-6-11-21/h4-15,18-20H,16-17H2,1-3H3,(H,29,33)(H2,30,31,32,35). The molecule has 0 heterocycles. The smallest absolute Gasteiger partial charge is 0.257 e. The number of rotatable bonds is 9. The van der Waals surface area contributed by atoms with E-state index >= 15 is 0 Å². The topological polar surface area (TPSA) is 79.5 Å². The summed E-state index contributed by atoms with van der Waals surface area (Å²) in [5.74, 6) is 0.560. The minimum Gasteiger partial charge on any atom is -0.494 e. The molecule has 1 unspecified atom stereocenters. The number of hydrogen-bond acceptors (Lipinski definition) is 4. The highest BCUT2D eigenvalue weighted by atomic mass is 32.1. The van der Waals surface area contributed by atoms with Gasteiger partial charge in [-0.2, -0.15) is 0 Å². The predicted molar refractivity (Wildman–Crippen MR) is 144 cm³/mol. The zero-order valence-electron chi connectivity index (χ0n) is 20.2. The molecule has 3 N–H and O–H groups in total. The van der Waals surface area contributed by atoms with Crippen molar-refractivity contribution >= 4 is 34.8 Å². The van der Waals surface area contributed by atoms with Crippen molar-refractivity contribution in [3.63, 3.8) is 0 Å². The Bertz CT molecular complexity index is 1160. The maximum atomic E-state index is 12.9. The molecule has 0 aliphatic heterocycles. The highest BCUT2D eigenvalue weighted by Crippen LogP contribution is 2.18. The number of thiocarbonyl (C=S) groups is 1. The number of benzene rings is 3. The average molecular weight is 490 g/mol. The lowest BCUT2D eigenvalue weighted by Crippen LogP contribution is -2.35. The number of amides is 2. The number of anilines is 1. The Morgan fingerprint density at radius 2 is 1.60 bits per heavy atom. The number of nitrogens with one attached hydrogen (secondary N) is 3. The van der Waals surface area contributed by atoms with Crippen LogP contribution in [-0.2, 0) is 0 Å². The van der Waals surface area contributed by atoms with Gasteiger partial charge in [-0.15, -0.1) is 0 Å². The van der Waals surface area contributed by atoms with Gasteiger partial charge < -0.3 is 15.4 Å². The minimum absolute atomic E-state index is 0.0949. The normalized spacial score (nSPS) is 11.4. The summed E-state index contributed by atoms with van der Waals surface area (Å²) < 4.78 is 5.74. The fourth-order valence-electron chi connectivity index (χ4n) is 3.36. The van der Waals surface area contributed by atoms with Crippen molar-refractivity contribution in [2.45, 2.75) is 33.2 Å². The highest BCUT2D eigenvalue weighted by Gasteiger charge is 2.16. The van der Waals surface area contributed by atoms with Crippen LogP contribution in [0.3, 0.4) is 0 Å². The molecule has 0 saturated heterocycles. The summed E-state index contributed by atoms with van der Waals surface area (Å²) in [4.78, 5) is 25.7. The van der Waals surface area contributed by atoms with Gasteiger partial charge in [-0.3, -0.25) is 14.9 Å². The van der Waals surface area contributed by atoms with Crippen LogP contribution in [0.25, 0.3) is 0 Å². The van der Waals surface area contributed by atoms with Crippen LogP contribution in [0.1, 0.15) is 59.5 Å². The molecule has 0 radical (unpaired) electrons. The Morgan fingerprint density at radius 1 is 0.886 bits per heavy atom. The van der Waals surface area contributed by atoms with Crippen LogP contribution in [0.4, 0.5) is 5.69 Å². The second-order valence-corrected chi connectivity index (χ2v) is 9.03. The predicted octanol–water partition coefficient (Wildman–Crippen LogP) is 5.73. The number of hydrogen-bond donors (Lipinski definition) is 3. The van der Waals surface area contributed by atoms with Gasteiger partial charge in [0.1, 0.15) is 5.75 Å². The van der Waals surface area contributed by atoms with Crippen LogP contribution in [0.15, 0.2) is 78.9 Å². The molecule has 0 aliphatic rings. The number of carbonyl (C=O) groups excluding carboxylic acids is 2. The van der Waals surface area contributed by atoms with Gasteiger partial charge in [0.15, 0.2) is 5.11 Å². The van der Waals surface area contributed by atoms with Crippen molar-refractivity contribution in [2.24, 2.45) is 5.92 Å². The van der Waals surface area contributed by atoms with E-state index < -0.39 is 0 Å². The van der Waals surface area contributed by atoms with Crippen molar-refractivity contribution in [3.05, 3.63) is 95.6 Å². The monoisotopic (exact) mass is 489 g/mol. The molecule has 0 spiro atoms. The van der Waals surface area contributed by atoms with Crippen molar-refractivity contribution < 1.29 is 14.3 Å². The molecule has 2 amide bonds. The van der Waals surface area contributed by atoms with E-state index in [4.69, 9.17) is 17.0 Å². The molecule has 0 aromatic heterocycles. The Balaban J connectivity index is 1.61. The molecule has 3 aromatic rings. The van der Waals surface area contributed by atoms with Crippen LogP contribution >= 0.6 is 12.2 Å². The van der Waals surface area contributed by atoms with Crippen LogP contribution < -0.4 is 20.7 Å². The van der Waals surface area contributed by atoms with Gasteiger partial charge in [-0.05, 0) is 67.4 Å². The van der Waals surface area contributed by atoms with Gasteiger partial charge in [0.2, 0.25) is 0 Å². The lowest BCUT2D eigenvalue weighted by atomic mass is 10.1. The molecule has 7 heteroatoms. The Labute approximate surface area is 212 Å². The van der Waals surface area contributed by atoms with Gasteiger partial charge in [0.05, 0.1) is 23.9 Å². The molecule has 1 atom stereocenters. The molecule has 35 heavy (non-hydrogen) atoms. The number of para-hydroxylation sites is 1. The summed E-state index contributed by atoms with van der Waals surface area (Å²) in [5.41, 5.74) is 2.36. The molecule has 0 aliphatic carbocycles. The third kappa shape index (κ3) is 7.93. The first-order valence-electron chi connectivity index (χ1n) is 11.6. The molecule has 3 rings (SSSR count). The lowest BCUT2D eigenvalue weighted by Gasteiger charge is -2.17. The number of ether oxygens (including phenoxy) is 1. The fraction of sp³-hybridized carbons (Fsp3) is 0.250. The summed E-state index contributed by atoms with van der Waals surface area (Å²) in [6, 6.07) is 23.5. The van der Waals surface area contributed by atoms with E-state index in [0.29, 0.717) is 35.1 Å². The molecule has 182 valence electrons. The van der Waals surface area contributed by atoms with E-state index in [9.17, 15) is 9.59 Å². The van der Waals surface area contributed by atoms with Gasteiger partial charge in [0.25, 0.3) is 11.8 Å². The van der Waals surface area contributed by atoms with Crippen LogP contribution in [0.5, 0.6) is 5.75 Å². The van der Waals surface area contributed by atoms with Gasteiger partial charge in [-0.25, -0.2) is 0 Å². The van der Waals surface area contributed by atoms with Gasteiger partial charge in [-0.1, -0.05) is 62.4 Å². The SMILES string of the molecule is CC(C)CCOc1cccc(C(=O)NC(=S)Nc2ccccc2C(=O)NC(C)c2ccccc2)c1. The van der Waals surface area contributed by atoms with Crippen LogP contribution in [0.2, 0.25) is 0 Å². The summed E-state index contributed by atoms with van der Waals surface area (Å²) in [7, 11) is 0. The quantitative estimate of drug-likeness (QED) is 0.335. The first-order valence-corrected chi connectivity index (χ1v) is 12.0. The Kier molecular flexibility index (Phi) is 9.38. The van der Waals surface area contributed by atoms with Crippen LogP contribution in [-0.4, -0.2) is 23.5 Å². The van der Waals surface area contributed by atoms with Crippen molar-refractivity contribution in [1.29, 1.82) is 0 Å². The summed E-state index contributed by atoms with van der Waals surface area (Å²) >= 11 is 5.35. The van der Waals surface area contributed by atoms with Crippen molar-refractivity contribution in [2.75, 3.05) is 11.9 Å². The largest absolute Gasteiger partial charge is 0.494 e. The highest BCUT2D eigenvalue weighted by molar-refractivity contribution is 7.80. The molecule has 0 saturated carbocycles. The fourth-order valence-corrected chi connectivity index (χ4v) is 3.56. The third-order valence-corrected chi connectivity index (χ3v) is 5.56. The Hall–Kier alpha value is -3.71. The molecule has 6 nitrogen and oxygen atoms in total. The van der Waals surface area contributed by atoms with E-state index in [2.05, 4.69) is 29.8 Å². The second-order valence-electron chi connectivity index (χ2n) is 8.62. The maximum Gasteiger partial charge on any atom is 0.257 e. The second kappa shape index (κ2) is 12.7. The zero-order valence-corrected chi connectivity index (χ0v) is 21.0. The van der Waals surface area contributed by atoms with Crippen LogP contribution in [0, 0.1) is 5.92 Å². The van der Waals surface area contributed by atoms with E-state index in [1.54, 1.807) is 42.5 Å².